The van der Waals surface area contributed by atoms with Gasteiger partial charge >= 0.3 is 0 Å². The van der Waals surface area contributed by atoms with Crippen LogP contribution in [0.25, 0.3) is 0 Å². The van der Waals surface area contributed by atoms with Crippen LogP contribution in [-0.4, -0.2) is 35.2 Å². The molecule has 136 valence electrons. The van der Waals surface area contributed by atoms with Crippen LogP contribution in [0, 0.1) is 12.8 Å². The van der Waals surface area contributed by atoms with Crippen LogP contribution in [0.15, 0.2) is 28.8 Å². The average molecular weight is 367 g/mol. The van der Waals surface area contributed by atoms with Gasteiger partial charge in [-0.25, -0.2) is 0 Å². The van der Waals surface area contributed by atoms with Crippen molar-refractivity contribution in [3.8, 4) is 5.75 Å². The van der Waals surface area contributed by atoms with Gasteiger partial charge in [-0.3, -0.25) is 4.79 Å². The van der Waals surface area contributed by atoms with E-state index in [2.05, 4.69) is 27.7 Å². The molecule has 7 nitrogen and oxygen atoms in total. The number of benzene rings is 1. The lowest BCUT2D eigenvalue weighted by Crippen LogP contribution is -2.50. The van der Waals surface area contributed by atoms with E-state index in [0.29, 0.717) is 28.9 Å². The van der Waals surface area contributed by atoms with Gasteiger partial charge in [0.15, 0.2) is 6.61 Å². The molecule has 0 bridgehead atoms. The van der Waals surface area contributed by atoms with Crippen molar-refractivity contribution in [1.82, 2.24) is 20.8 Å². The standard InChI is InChI=1S/C17H22N4O3.ClH/c1-11-7-8-18-9-14(11)20-17(22)13-5-3-4-6-15(13)23-10-16-19-12(2)24-21-16;/h3-6,11,14,18H,7-10H2,1-2H3,(H,20,22);1H. The zero-order valence-corrected chi connectivity index (χ0v) is 15.1. The lowest BCUT2D eigenvalue weighted by Gasteiger charge is -2.30. The third-order valence-electron chi connectivity index (χ3n) is 4.20. The number of hydrogen-bond acceptors (Lipinski definition) is 6. The molecule has 2 atom stereocenters. The van der Waals surface area contributed by atoms with Crippen molar-refractivity contribution in [2.45, 2.75) is 32.9 Å². The molecular formula is C17H23ClN4O3. The molecule has 1 fully saturated rings. The van der Waals surface area contributed by atoms with Crippen LogP contribution in [0.5, 0.6) is 5.75 Å². The van der Waals surface area contributed by atoms with Crippen molar-refractivity contribution in [3.63, 3.8) is 0 Å². The number of nitrogens with zero attached hydrogens (tertiary/aromatic N) is 2. The Bertz CT molecular complexity index is 707. The van der Waals surface area contributed by atoms with E-state index in [1.807, 2.05) is 12.1 Å². The number of piperidine rings is 1. The monoisotopic (exact) mass is 366 g/mol. The molecule has 8 heteroatoms. The Balaban J connectivity index is 0.00000225. The molecule has 2 aromatic rings. The first-order valence-electron chi connectivity index (χ1n) is 8.16. The van der Waals surface area contributed by atoms with Crippen molar-refractivity contribution in [1.29, 1.82) is 0 Å². The van der Waals surface area contributed by atoms with E-state index in [1.54, 1.807) is 19.1 Å². The number of amides is 1. The second kappa shape index (κ2) is 8.82. The van der Waals surface area contributed by atoms with Crippen LogP contribution in [0.3, 0.4) is 0 Å². The van der Waals surface area contributed by atoms with Crippen LogP contribution in [0.2, 0.25) is 0 Å². The Kier molecular flexibility index (Phi) is 6.78. The van der Waals surface area contributed by atoms with Crippen LogP contribution < -0.4 is 15.4 Å². The highest BCUT2D eigenvalue weighted by Gasteiger charge is 2.24. The SMILES string of the molecule is Cc1nc(COc2ccccc2C(=O)NC2CNCCC2C)no1.Cl. The van der Waals surface area contributed by atoms with Gasteiger partial charge in [-0.1, -0.05) is 24.2 Å². The molecular weight excluding hydrogens is 344 g/mol. The molecule has 1 amide bonds. The lowest BCUT2D eigenvalue weighted by molar-refractivity contribution is 0.0910. The maximum absolute atomic E-state index is 12.6. The smallest absolute Gasteiger partial charge is 0.255 e. The molecule has 0 saturated carbocycles. The summed E-state index contributed by atoms with van der Waals surface area (Å²) in [5.74, 6) is 1.76. The molecule has 1 aromatic heterocycles. The number of para-hydroxylation sites is 1. The van der Waals surface area contributed by atoms with Crippen LogP contribution in [0.4, 0.5) is 0 Å². The predicted molar refractivity (Wildman–Crippen MR) is 95.0 cm³/mol. The summed E-state index contributed by atoms with van der Waals surface area (Å²) in [5, 5.41) is 10.2. The van der Waals surface area contributed by atoms with Gasteiger partial charge in [0, 0.05) is 19.5 Å². The molecule has 1 aromatic carbocycles. The van der Waals surface area contributed by atoms with Gasteiger partial charge < -0.3 is 19.9 Å². The van der Waals surface area contributed by atoms with Gasteiger partial charge in [0.1, 0.15) is 5.75 Å². The predicted octanol–water partition coefficient (Wildman–Crippen LogP) is 2.11. The van der Waals surface area contributed by atoms with E-state index in [0.717, 1.165) is 19.5 Å². The molecule has 2 N–H and O–H groups in total. The number of nitrogens with one attached hydrogen (secondary N) is 2. The van der Waals surface area contributed by atoms with Gasteiger partial charge in [0.05, 0.1) is 5.56 Å². The van der Waals surface area contributed by atoms with E-state index in [-0.39, 0.29) is 31.0 Å². The fourth-order valence-corrected chi connectivity index (χ4v) is 2.75. The minimum atomic E-state index is -0.129. The van der Waals surface area contributed by atoms with Crippen molar-refractivity contribution in [3.05, 3.63) is 41.5 Å². The molecule has 0 aliphatic carbocycles. The summed E-state index contributed by atoms with van der Waals surface area (Å²) >= 11 is 0. The topological polar surface area (TPSA) is 89.3 Å². The van der Waals surface area contributed by atoms with Crippen LogP contribution >= 0.6 is 12.4 Å². The summed E-state index contributed by atoms with van der Waals surface area (Å²) < 4.78 is 10.6. The van der Waals surface area contributed by atoms with E-state index < -0.39 is 0 Å². The summed E-state index contributed by atoms with van der Waals surface area (Å²) in [4.78, 5) is 16.7. The molecule has 1 saturated heterocycles. The first kappa shape index (κ1) is 19.2. The summed E-state index contributed by atoms with van der Waals surface area (Å²) in [6, 6.07) is 7.30. The molecule has 1 aliphatic rings. The highest BCUT2D eigenvalue weighted by Crippen LogP contribution is 2.20. The van der Waals surface area contributed by atoms with E-state index >= 15 is 0 Å². The number of carbonyl (C=O) groups excluding carboxylic acids is 1. The van der Waals surface area contributed by atoms with Crippen LogP contribution in [-0.2, 0) is 6.61 Å². The minimum Gasteiger partial charge on any atom is -0.485 e. The van der Waals surface area contributed by atoms with E-state index in [1.165, 1.54) is 0 Å². The summed E-state index contributed by atoms with van der Waals surface area (Å²) in [6.45, 7) is 5.82. The van der Waals surface area contributed by atoms with Crippen molar-refractivity contribution in [2.24, 2.45) is 5.92 Å². The largest absolute Gasteiger partial charge is 0.485 e. The number of hydrogen-bond donors (Lipinski definition) is 2. The number of carbonyl (C=O) groups is 1. The van der Waals surface area contributed by atoms with E-state index in [9.17, 15) is 4.79 Å². The summed E-state index contributed by atoms with van der Waals surface area (Å²) in [7, 11) is 0. The molecule has 0 radical (unpaired) electrons. The van der Waals surface area contributed by atoms with Gasteiger partial charge in [-0.2, -0.15) is 4.98 Å². The molecule has 2 unspecified atom stereocenters. The molecule has 2 heterocycles. The number of aromatic nitrogens is 2. The summed E-state index contributed by atoms with van der Waals surface area (Å²) in [5.41, 5.74) is 0.510. The second-order valence-electron chi connectivity index (χ2n) is 6.06. The maximum atomic E-state index is 12.6. The molecule has 3 rings (SSSR count). The lowest BCUT2D eigenvalue weighted by atomic mass is 9.94. The van der Waals surface area contributed by atoms with Gasteiger partial charge in [0.25, 0.3) is 5.91 Å². The zero-order valence-electron chi connectivity index (χ0n) is 14.3. The fraction of sp³-hybridized carbons (Fsp3) is 0.471. The Hall–Kier alpha value is -2.12. The maximum Gasteiger partial charge on any atom is 0.255 e. The first-order chi connectivity index (χ1) is 11.6. The van der Waals surface area contributed by atoms with E-state index in [4.69, 9.17) is 9.26 Å². The third-order valence-corrected chi connectivity index (χ3v) is 4.20. The second-order valence-corrected chi connectivity index (χ2v) is 6.06. The van der Waals surface area contributed by atoms with Gasteiger partial charge in [-0.05, 0) is 31.0 Å². The Morgan fingerprint density at radius 3 is 2.96 bits per heavy atom. The average Bonchev–Trinajstić information content (AvgIpc) is 3.01. The zero-order chi connectivity index (χ0) is 16.9. The Morgan fingerprint density at radius 1 is 1.44 bits per heavy atom. The summed E-state index contributed by atoms with van der Waals surface area (Å²) in [6.07, 6.45) is 1.06. The number of ether oxygens (including phenoxy) is 1. The molecule has 25 heavy (non-hydrogen) atoms. The Labute approximate surface area is 152 Å². The van der Waals surface area contributed by atoms with Crippen LogP contribution in [0.1, 0.15) is 35.4 Å². The highest BCUT2D eigenvalue weighted by atomic mass is 35.5. The quantitative estimate of drug-likeness (QED) is 0.842. The van der Waals surface area contributed by atoms with Crippen molar-refractivity contribution in [2.75, 3.05) is 13.1 Å². The van der Waals surface area contributed by atoms with Gasteiger partial charge in [0.2, 0.25) is 11.7 Å². The minimum absolute atomic E-state index is 0. The normalized spacial score (nSPS) is 19.8. The van der Waals surface area contributed by atoms with Crippen molar-refractivity contribution < 1.29 is 14.1 Å². The third kappa shape index (κ3) is 4.93. The van der Waals surface area contributed by atoms with Gasteiger partial charge in [-0.15, -0.1) is 12.4 Å². The molecule has 0 spiro atoms. The number of halogens is 1. The Morgan fingerprint density at radius 2 is 2.24 bits per heavy atom. The fourth-order valence-electron chi connectivity index (χ4n) is 2.75. The number of rotatable bonds is 5. The van der Waals surface area contributed by atoms with Crippen molar-refractivity contribution >= 4 is 18.3 Å². The highest BCUT2D eigenvalue weighted by molar-refractivity contribution is 5.97. The molecule has 1 aliphatic heterocycles. The number of aryl methyl sites for hydroxylation is 1. The first-order valence-corrected chi connectivity index (χ1v) is 8.16.